The molecule has 0 aliphatic heterocycles. The molecule has 0 spiro atoms. The van der Waals surface area contributed by atoms with E-state index in [-0.39, 0.29) is 15.5 Å². The van der Waals surface area contributed by atoms with E-state index in [0.717, 1.165) is 6.07 Å². The van der Waals surface area contributed by atoms with E-state index in [1.54, 1.807) is 0 Å². The quantitative estimate of drug-likeness (QED) is 0.805. The molecule has 3 nitrogen and oxygen atoms in total. The monoisotopic (exact) mass is 274 g/mol. The Hall–Kier alpha value is -0.625. The highest BCUT2D eigenvalue weighted by atomic mass is 35.5. The molecule has 16 heavy (non-hydrogen) atoms. The molecule has 9 heteroatoms. The first-order chi connectivity index (χ1) is 7.20. The number of rotatable bonds is 2. The zero-order chi connectivity index (χ0) is 12.5. The molecular weight excluding hydrogens is 271 g/mol. The molecule has 0 aliphatic rings. The molecule has 0 unspecified atom stereocenters. The van der Waals surface area contributed by atoms with Crippen molar-refractivity contribution in [2.24, 2.45) is 0 Å². The second-order valence-electron chi connectivity index (χ2n) is 2.73. The molecule has 0 saturated carbocycles. The molecule has 1 aromatic carbocycles. The maximum absolute atomic E-state index is 11.9. The number of halogens is 5. The van der Waals surface area contributed by atoms with Crippen molar-refractivity contribution >= 4 is 35.8 Å². The van der Waals surface area contributed by atoms with Gasteiger partial charge in [0, 0.05) is 10.5 Å². The van der Waals surface area contributed by atoms with Crippen molar-refractivity contribution in [3.8, 4) is 5.75 Å². The van der Waals surface area contributed by atoms with Crippen LogP contribution >= 0.6 is 23.2 Å². The van der Waals surface area contributed by atoms with Crippen molar-refractivity contribution in [2.75, 3.05) is 0 Å². The summed E-state index contributed by atoms with van der Waals surface area (Å²) in [5.74, 6) is -0.748. The van der Waals surface area contributed by atoms with Crippen molar-refractivity contribution in [3.05, 3.63) is 22.2 Å². The molecule has 0 atom stereocenters. The number of hydrogen-bond donors (Lipinski definition) is 2. The van der Waals surface area contributed by atoms with Gasteiger partial charge in [-0.15, -0.1) is 13.2 Å². The molecule has 1 aromatic rings. The largest absolute Gasteiger partial charge is 0.573 e. The third kappa shape index (κ3) is 3.45. The summed E-state index contributed by atoms with van der Waals surface area (Å²) in [6.07, 6.45) is -4.92. The van der Waals surface area contributed by atoms with Gasteiger partial charge in [-0.05, 0) is 12.1 Å². The van der Waals surface area contributed by atoms with Crippen LogP contribution in [0.1, 0.15) is 0 Å². The first-order valence-corrected chi connectivity index (χ1v) is 4.57. The summed E-state index contributed by atoms with van der Waals surface area (Å²) in [5, 5.41) is 17.1. The van der Waals surface area contributed by atoms with E-state index in [1.165, 1.54) is 0 Å². The molecule has 0 fully saturated rings. The Morgan fingerprint density at radius 1 is 1.12 bits per heavy atom. The van der Waals surface area contributed by atoms with Gasteiger partial charge in [-0.25, -0.2) is 0 Å². The van der Waals surface area contributed by atoms with E-state index >= 15 is 0 Å². The fraction of sp³-hybridized carbons (Fsp3) is 0.143. The van der Waals surface area contributed by atoms with Gasteiger partial charge in [0.2, 0.25) is 0 Å². The second kappa shape index (κ2) is 4.71. The number of ether oxygens (including phenoxy) is 1. The Kier molecular flexibility index (Phi) is 3.95. The molecule has 0 aliphatic carbocycles. The van der Waals surface area contributed by atoms with E-state index in [4.69, 9.17) is 33.2 Å². The van der Waals surface area contributed by atoms with E-state index in [0.29, 0.717) is 6.07 Å². The van der Waals surface area contributed by atoms with Crippen molar-refractivity contribution in [3.63, 3.8) is 0 Å². The van der Waals surface area contributed by atoms with Crippen LogP contribution < -0.4 is 10.2 Å². The van der Waals surface area contributed by atoms with Gasteiger partial charge in [0.1, 0.15) is 5.75 Å². The average molecular weight is 275 g/mol. The topological polar surface area (TPSA) is 49.7 Å². The van der Waals surface area contributed by atoms with E-state index in [1.807, 2.05) is 0 Å². The lowest BCUT2D eigenvalue weighted by molar-refractivity contribution is -0.274. The molecule has 0 saturated heterocycles. The summed E-state index contributed by atoms with van der Waals surface area (Å²) in [6.45, 7) is 0. The maximum Gasteiger partial charge on any atom is 0.573 e. The Morgan fingerprint density at radius 2 is 1.69 bits per heavy atom. The van der Waals surface area contributed by atoms with Gasteiger partial charge in [0.05, 0.1) is 5.02 Å². The predicted octanol–water partition coefficient (Wildman–Crippen LogP) is 1.57. The highest BCUT2D eigenvalue weighted by molar-refractivity contribution is 6.63. The predicted molar refractivity (Wildman–Crippen MR) is 53.0 cm³/mol. The minimum Gasteiger partial charge on any atom is -0.423 e. The van der Waals surface area contributed by atoms with Gasteiger partial charge in [-0.1, -0.05) is 23.2 Å². The van der Waals surface area contributed by atoms with Crippen LogP contribution in [0.5, 0.6) is 5.75 Å². The molecule has 0 amide bonds. The van der Waals surface area contributed by atoms with Gasteiger partial charge in [0.25, 0.3) is 0 Å². The van der Waals surface area contributed by atoms with E-state index in [9.17, 15) is 13.2 Å². The molecule has 0 bridgehead atoms. The fourth-order valence-electron chi connectivity index (χ4n) is 0.946. The van der Waals surface area contributed by atoms with Crippen LogP contribution in [0.15, 0.2) is 12.1 Å². The molecule has 1 rings (SSSR count). The summed E-state index contributed by atoms with van der Waals surface area (Å²) in [7, 11) is -2.01. The normalized spacial score (nSPS) is 11.4. The highest BCUT2D eigenvalue weighted by Gasteiger charge is 2.33. The standard InChI is InChI=1S/C7H4BCl2F3O3/c9-4-2-5(10)6(16-7(11,12)13)1-3(4)8(14)15/h1-2,14-15H. The zero-order valence-electron chi connectivity index (χ0n) is 7.42. The molecule has 88 valence electrons. The SMILES string of the molecule is OB(O)c1cc(OC(F)(F)F)c(Cl)cc1Cl. The number of benzene rings is 1. The summed E-state index contributed by atoms with van der Waals surface area (Å²) >= 11 is 11.0. The Bertz CT molecular complexity index is 397. The third-order valence-electron chi connectivity index (χ3n) is 1.56. The first-order valence-electron chi connectivity index (χ1n) is 3.81. The van der Waals surface area contributed by atoms with Crippen molar-refractivity contribution < 1.29 is 28.0 Å². The Labute approximate surface area is 98.5 Å². The second-order valence-corrected chi connectivity index (χ2v) is 3.54. The van der Waals surface area contributed by atoms with Gasteiger partial charge in [0.15, 0.2) is 0 Å². The van der Waals surface area contributed by atoms with Crippen LogP contribution in [-0.2, 0) is 0 Å². The summed E-state index contributed by atoms with van der Waals surface area (Å²) in [5.41, 5.74) is -0.328. The van der Waals surface area contributed by atoms with Crippen LogP contribution in [0.2, 0.25) is 10.0 Å². The lowest BCUT2D eigenvalue weighted by atomic mass is 9.80. The molecule has 0 radical (unpaired) electrons. The van der Waals surface area contributed by atoms with Crippen LogP contribution in [0, 0.1) is 0 Å². The lowest BCUT2D eigenvalue weighted by Crippen LogP contribution is -2.31. The summed E-state index contributed by atoms with van der Waals surface area (Å²) in [4.78, 5) is 0. The van der Waals surface area contributed by atoms with Crippen LogP contribution in [-0.4, -0.2) is 23.5 Å². The smallest absolute Gasteiger partial charge is 0.423 e. The minimum atomic E-state index is -4.92. The maximum atomic E-state index is 11.9. The van der Waals surface area contributed by atoms with E-state index < -0.39 is 19.2 Å². The molecule has 2 N–H and O–H groups in total. The van der Waals surface area contributed by atoms with Crippen molar-refractivity contribution in [1.29, 1.82) is 0 Å². The lowest BCUT2D eigenvalue weighted by Gasteiger charge is -2.12. The van der Waals surface area contributed by atoms with Crippen molar-refractivity contribution in [1.82, 2.24) is 0 Å². The third-order valence-corrected chi connectivity index (χ3v) is 2.18. The van der Waals surface area contributed by atoms with E-state index in [2.05, 4.69) is 4.74 Å². The number of hydrogen-bond acceptors (Lipinski definition) is 3. The molecule has 0 heterocycles. The van der Waals surface area contributed by atoms with Crippen LogP contribution in [0.4, 0.5) is 13.2 Å². The van der Waals surface area contributed by atoms with Gasteiger partial charge in [-0.3, -0.25) is 0 Å². The minimum absolute atomic E-state index is 0.172. The number of alkyl halides is 3. The summed E-state index contributed by atoms with van der Waals surface area (Å²) in [6, 6.07) is 1.64. The summed E-state index contributed by atoms with van der Waals surface area (Å²) < 4.78 is 39.3. The fourth-order valence-corrected chi connectivity index (χ4v) is 1.46. The van der Waals surface area contributed by atoms with Gasteiger partial charge in [-0.2, -0.15) is 0 Å². The Balaban J connectivity index is 3.15. The first kappa shape index (κ1) is 13.4. The Morgan fingerprint density at radius 3 is 2.12 bits per heavy atom. The molecular formula is C7H4BCl2F3O3. The molecule has 0 aromatic heterocycles. The van der Waals surface area contributed by atoms with Gasteiger partial charge >= 0.3 is 13.5 Å². The zero-order valence-corrected chi connectivity index (χ0v) is 8.94. The van der Waals surface area contributed by atoms with Crippen LogP contribution in [0.25, 0.3) is 0 Å². The van der Waals surface area contributed by atoms with Crippen LogP contribution in [0.3, 0.4) is 0 Å². The van der Waals surface area contributed by atoms with Crippen molar-refractivity contribution in [2.45, 2.75) is 6.36 Å². The highest BCUT2D eigenvalue weighted by Crippen LogP contribution is 2.31. The van der Waals surface area contributed by atoms with Gasteiger partial charge < -0.3 is 14.8 Å². The average Bonchev–Trinajstić information content (AvgIpc) is 2.07.